The molecule has 0 aliphatic heterocycles. The molecule has 112 valence electrons. The Kier molecular flexibility index (Phi) is 4.39. The van der Waals surface area contributed by atoms with E-state index in [1.807, 2.05) is 13.8 Å². The van der Waals surface area contributed by atoms with Gasteiger partial charge in [0.05, 0.1) is 12.1 Å². The summed E-state index contributed by atoms with van der Waals surface area (Å²) in [5.74, 6) is 2.36. The molecule has 1 aromatic rings. The number of carbonyl (C=O) groups excluding carboxylic acids is 1. The minimum Gasteiger partial charge on any atom is -0.444 e. The summed E-state index contributed by atoms with van der Waals surface area (Å²) in [4.78, 5) is 16.5. The highest BCUT2D eigenvalue weighted by molar-refractivity contribution is 5.85. The SMILES string of the molecule is Cc1cnc(C(C)NC(=O)C2C3CCC(C3)C2N)o1.Cl. The van der Waals surface area contributed by atoms with Crippen LogP contribution in [-0.4, -0.2) is 16.9 Å². The van der Waals surface area contributed by atoms with Gasteiger partial charge in [-0.05, 0) is 44.9 Å². The zero-order valence-corrected chi connectivity index (χ0v) is 12.7. The average molecular weight is 300 g/mol. The second-order valence-electron chi connectivity index (χ2n) is 5.98. The molecular formula is C14H22ClN3O2. The van der Waals surface area contributed by atoms with Gasteiger partial charge in [0.2, 0.25) is 11.8 Å². The number of fused-ring (bicyclic) bond motifs is 2. The Morgan fingerprint density at radius 1 is 1.50 bits per heavy atom. The zero-order valence-electron chi connectivity index (χ0n) is 11.8. The predicted octanol–water partition coefficient (Wildman–Crippen LogP) is 1.96. The van der Waals surface area contributed by atoms with E-state index < -0.39 is 0 Å². The van der Waals surface area contributed by atoms with Gasteiger partial charge in [-0.25, -0.2) is 4.98 Å². The van der Waals surface area contributed by atoms with Gasteiger partial charge in [-0.2, -0.15) is 0 Å². The molecule has 5 nitrogen and oxygen atoms in total. The van der Waals surface area contributed by atoms with Gasteiger partial charge in [-0.15, -0.1) is 12.4 Å². The van der Waals surface area contributed by atoms with Crippen LogP contribution in [0.2, 0.25) is 0 Å². The Bertz CT molecular complexity index is 489. The molecule has 20 heavy (non-hydrogen) atoms. The Morgan fingerprint density at radius 3 is 2.75 bits per heavy atom. The van der Waals surface area contributed by atoms with Crippen molar-refractivity contribution < 1.29 is 9.21 Å². The molecule has 2 bridgehead atoms. The Morgan fingerprint density at radius 2 is 2.20 bits per heavy atom. The second kappa shape index (κ2) is 5.74. The van der Waals surface area contributed by atoms with Crippen LogP contribution in [0, 0.1) is 24.7 Å². The van der Waals surface area contributed by atoms with Gasteiger partial charge < -0.3 is 15.5 Å². The first kappa shape index (κ1) is 15.3. The zero-order chi connectivity index (χ0) is 13.6. The molecule has 2 saturated carbocycles. The van der Waals surface area contributed by atoms with Crippen LogP contribution >= 0.6 is 12.4 Å². The molecule has 0 radical (unpaired) electrons. The van der Waals surface area contributed by atoms with Gasteiger partial charge in [-0.3, -0.25) is 4.79 Å². The summed E-state index contributed by atoms with van der Waals surface area (Å²) < 4.78 is 5.44. The summed E-state index contributed by atoms with van der Waals surface area (Å²) in [5.41, 5.74) is 6.18. The van der Waals surface area contributed by atoms with Crippen LogP contribution in [0.15, 0.2) is 10.6 Å². The van der Waals surface area contributed by atoms with Crippen LogP contribution in [0.1, 0.15) is 43.9 Å². The number of nitrogens with two attached hydrogens (primary N) is 1. The van der Waals surface area contributed by atoms with Gasteiger partial charge in [0.25, 0.3) is 0 Å². The Labute approximate surface area is 125 Å². The van der Waals surface area contributed by atoms with E-state index in [0.29, 0.717) is 17.7 Å². The van der Waals surface area contributed by atoms with Crippen molar-refractivity contribution >= 4 is 18.3 Å². The highest BCUT2D eigenvalue weighted by Crippen LogP contribution is 2.47. The molecule has 1 amide bonds. The molecule has 6 heteroatoms. The molecule has 5 unspecified atom stereocenters. The number of amides is 1. The average Bonchev–Trinajstić information content (AvgIpc) is 3.03. The smallest absolute Gasteiger partial charge is 0.225 e. The fourth-order valence-corrected chi connectivity index (χ4v) is 3.67. The van der Waals surface area contributed by atoms with Gasteiger partial charge in [0, 0.05) is 6.04 Å². The lowest BCUT2D eigenvalue weighted by Crippen LogP contribution is -2.45. The second-order valence-corrected chi connectivity index (χ2v) is 5.98. The van der Waals surface area contributed by atoms with Crippen molar-refractivity contribution in [2.45, 2.75) is 45.2 Å². The van der Waals surface area contributed by atoms with Gasteiger partial charge in [-0.1, -0.05) is 0 Å². The third-order valence-corrected chi connectivity index (χ3v) is 4.65. The van der Waals surface area contributed by atoms with Crippen molar-refractivity contribution in [1.82, 2.24) is 10.3 Å². The van der Waals surface area contributed by atoms with E-state index in [-0.39, 0.29) is 36.3 Å². The Balaban J connectivity index is 0.00000147. The molecule has 1 heterocycles. The lowest BCUT2D eigenvalue weighted by Gasteiger charge is -2.27. The molecule has 3 N–H and O–H groups in total. The quantitative estimate of drug-likeness (QED) is 0.894. The highest BCUT2D eigenvalue weighted by Gasteiger charge is 2.49. The van der Waals surface area contributed by atoms with Crippen molar-refractivity contribution in [1.29, 1.82) is 0 Å². The summed E-state index contributed by atoms with van der Waals surface area (Å²) in [5, 5.41) is 2.99. The van der Waals surface area contributed by atoms with Crippen LogP contribution in [0.25, 0.3) is 0 Å². The summed E-state index contributed by atoms with van der Waals surface area (Å²) in [7, 11) is 0. The molecule has 0 saturated heterocycles. The molecule has 2 aliphatic carbocycles. The van der Waals surface area contributed by atoms with Gasteiger partial charge in [0.15, 0.2) is 0 Å². The summed E-state index contributed by atoms with van der Waals surface area (Å²) in [6.45, 7) is 3.73. The molecule has 5 atom stereocenters. The van der Waals surface area contributed by atoms with E-state index in [1.165, 1.54) is 6.42 Å². The lowest BCUT2D eigenvalue weighted by molar-refractivity contribution is -0.127. The van der Waals surface area contributed by atoms with E-state index >= 15 is 0 Å². The molecule has 2 fully saturated rings. The first-order valence-corrected chi connectivity index (χ1v) is 7.04. The minimum absolute atomic E-state index is 0. The first-order valence-electron chi connectivity index (χ1n) is 7.04. The maximum Gasteiger partial charge on any atom is 0.225 e. The number of halogens is 1. The molecular weight excluding hydrogens is 278 g/mol. The fraction of sp³-hybridized carbons (Fsp3) is 0.714. The van der Waals surface area contributed by atoms with Crippen molar-refractivity contribution in [3.63, 3.8) is 0 Å². The highest BCUT2D eigenvalue weighted by atomic mass is 35.5. The number of aryl methyl sites for hydroxylation is 1. The van der Waals surface area contributed by atoms with E-state index in [0.717, 1.165) is 18.6 Å². The normalized spacial score (nSPS) is 32.8. The summed E-state index contributed by atoms with van der Waals surface area (Å²) >= 11 is 0. The number of hydrogen-bond acceptors (Lipinski definition) is 4. The van der Waals surface area contributed by atoms with Crippen molar-refractivity contribution in [2.75, 3.05) is 0 Å². The standard InChI is InChI=1S/C14H21N3O2.ClH/c1-7-6-16-14(19-7)8(2)17-13(18)11-9-3-4-10(5-9)12(11)15;/h6,8-12H,3-5,15H2,1-2H3,(H,17,18);1H. The molecule has 3 rings (SSSR count). The number of carbonyl (C=O) groups is 1. The lowest BCUT2D eigenvalue weighted by atomic mass is 9.84. The van der Waals surface area contributed by atoms with Crippen LogP contribution in [0.3, 0.4) is 0 Å². The predicted molar refractivity (Wildman–Crippen MR) is 77.3 cm³/mol. The molecule has 2 aliphatic rings. The largest absolute Gasteiger partial charge is 0.444 e. The van der Waals surface area contributed by atoms with E-state index in [2.05, 4.69) is 10.3 Å². The van der Waals surface area contributed by atoms with Crippen LogP contribution in [0.4, 0.5) is 0 Å². The molecule has 0 spiro atoms. The van der Waals surface area contributed by atoms with Crippen LogP contribution in [0.5, 0.6) is 0 Å². The minimum atomic E-state index is -0.201. The first-order chi connectivity index (χ1) is 9.06. The number of rotatable bonds is 3. The van der Waals surface area contributed by atoms with Crippen molar-refractivity contribution in [3.8, 4) is 0 Å². The number of hydrogen-bond donors (Lipinski definition) is 2. The third kappa shape index (κ3) is 2.56. The third-order valence-electron chi connectivity index (χ3n) is 4.65. The fourth-order valence-electron chi connectivity index (χ4n) is 3.67. The van der Waals surface area contributed by atoms with Gasteiger partial charge >= 0.3 is 0 Å². The van der Waals surface area contributed by atoms with Gasteiger partial charge in [0.1, 0.15) is 11.8 Å². The summed E-state index contributed by atoms with van der Waals surface area (Å²) in [6, 6.07) is -0.176. The maximum atomic E-state index is 12.4. The maximum absolute atomic E-state index is 12.4. The van der Waals surface area contributed by atoms with Crippen LogP contribution < -0.4 is 11.1 Å². The topological polar surface area (TPSA) is 81.2 Å². The van der Waals surface area contributed by atoms with Crippen LogP contribution in [-0.2, 0) is 4.79 Å². The van der Waals surface area contributed by atoms with E-state index in [4.69, 9.17) is 10.2 Å². The summed E-state index contributed by atoms with van der Waals surface area (Å²) in [6.07, 6.45) is 5.11. The monoisotopic (exact) mass is 299 g/mol. The number of oxazole rings is 1. The molecule has 0 aromatic carbocycles. The number of aromatic nitrogens is 1. The number of nitrogens with one attached hydrogen (secondary N) is 1. The van der Waals surface area contributed by atoms with Crippen molar-refractivity contribution in [2.24, 2.45) is 23.5 Å². The van der Waals surface area contributed by atoms with E-state index in [9.17, 15) is 4.79 Å². The molecule has 1 aromatic heterocycles. The van der Waals surface area contributed by atoms with Crippen molar-refractivity contribution in [3.05, 3.63) is 17.8 Å². The number of nitrogens with zero attached hydrogens (tertiary/aromatic N) is 1. The van der Waals surface area contributed by atoms with E-state index in [1.54, 1.807) is 6.20 Å². The Hall–Kier alpha value is -1.07.